The van der Waals surface area contributed by atoms with Crippen LogP contribution in [0.15, 0.2) is 5.11 Å². The highest BCUT2D eigenvalue weighted by atomic mass is 16.7. The SMILES string of the molecule is CC(=O)NC1C(OCCCCC(=O)NCCCNC(=O)CCOCC(COCCC(=O)NCCCNC(=O)CCCCOC2OC(COC(C)=O)C(OC(C)=O)C(OC(C)=O)C2NC(C)=O)(COCCC(=O)NCCCNC(=O)CCCCOC2OC(COC(C)=O)C(OC(C)=O)C(OC(C)=O)C2NC(C)=O)NC(=O)CCCCN=[N+]=[N-])OC(COC(C)=O)C(OC(C)=O)C1OC(C)=O. The summed E-state index contributed by atoms with van der Waals surface area (Å²) in [6.45, 7) is 11.9. The van der Waals surface area contributed by atoms with Crippen LogP contribution in [0.4, 0.5) is 0 Å². The third kappa shape index (κ3) is 51.4. The molecule has 10 amide bonds. The lowest BCUT2D eigenvalue weighted by molar-refractivity contribution is -0.277. The molecule has 0 aromatic heterocycles. The summed E-state index contributed by atoms with van der Waals surface area (Å²) in [6.07, 6.45) is -12.2. The minimum atomic E-state index is -1.52. The Kier molecular flexibility index (Phi) is 57.9. The summed E-state index contributed by atoms with van der Waals surface area (Å²) in [4.78, 5) is 240. The zero-order valence-electron chi connectivity index (χ0n) is 78.3. The predicted octanol–water partition coefficient (Wildman–Crippen LogP) is -1.06. The molecule has 3 saturated heterocycles. The van der Waals surface area contributed by atoms with Gasteiger partial charge in [0.15, 0.2) is 55.5 Å². The van der Waals surface area contributed by atoms with E-state index < -0.39 is 212 Å². The molecule has 758 valence electrons. The quantitative estimate of drug-likeness (QED) is 0.00866. The summed E-state index contributed by atoms with van der Waals surface area (Å²) >= 11 is 0. The van der Waals surface area contributed by atoms with Crippen molar-refractivity contribution in [2.24, 2.45) is 5.11 Å². The Morgan fingerprint density at radius 2 is 0.545 bits per heavy atom. The topological polar surface area (TPSA) is 660 Å². The third-order valence-electron chi connectivity index (χ3n) is 19.4. The molecule has 0 saturated carbocycles. The third-order valence-corrected chi connectivity index (χ3v) is 19.4. The highest BCUT2D eigenvalue weighted by Crippen LogP contribution is 2.32. The average Bonchev–Trinajstić information content (AvgIpc) is 0.792. The number of amides is 10. The Balaban J connectivity index is 1.62. The normalized spacial score (nSPS) is 21.5. The molecule has 3 rings (SSSR count). The Hall–Kier alpha value is -11.1. The second kappa shape index (κ2) is 66.3. The standard InChI is InChI=1S/C84H135N13O37/c1-50(98)93-72-78(129-59(10)107)75(126-56(7)104)62(44-123-53(4)101)132-81(72)120-38-18-14-24-65(110)86-31-21-34-89-68(113)28-41-117-47-84(96-71(116)27-13-17-37-92-97-85,48-118-42-29-69(114)90-35-22-32-87-66(111)25-15-19-39-121-82-73(94-51(2)99)79(130-60(11)108)76(127-57(8)105)63(133-82)45-124-54(5)102)49-119-43-30-70(115)91-36-23-33-88-67(112)26-16-20-40-122-83-74(95-52(3)100)80(131-61(12)109)77(128-58(9)106)64(134-83)46-125-55(6)103/h62-64,72-83H,13-49H2,1-12H3,(H,86,110)(H,87,111)(H,88,112)(H,89,113)(H,90,114)(H,91,115)(H,93,98)(H,94,99)(H,95,100)(H,96,116). The van der Waals surface area contributed by atoms with Gasteiger partial charge in [0.2, 0.25) is 59.1 Å². The number of carbonyl (C=O) groups excluding carboxylic acids is 19. The lowest BCUT2D eigenvalue weighted by Crippen LogP contribution is -2.66. The van der Waals surface area contributed by atoms with Gasteiger partial charge >= 0.3 is 53.7 Å². The average molecular weight is 1920 g/mol. The molecule has 15 atom stereocenters. The molecular formula is C84H135N13O37. The number of esters is 9. The summed E-state index contributed by atoms with van der Waals surface area (Å²) in [5.74, 6) is -11.1. The van der Waals surface area contributed by atoms with E-state index in [9.17, 15) is 91.1 Å². The summed E-state index contributed by atoms with van der Waals surface area (Å²) in [5.41, 5.74) is 7.31. The van der Waals surface area contributed by atoms with E-state index in [0.29, 0.717) is 70.6 Å². The molecular weight excluding hydrogens is 1780 g/mol. The first-order chi connectivity index (χ1) is 63.7. The smallest absolute Gasteiger partial charge is 0.303 e. The van der Waals surface area contributed by atoms with E-state index >= 15 is 0 Å². The van der Waals surface area contributed by atoms with Gasteiger partial charge in [-0.25, -0.2) is 0 Å². The van der Waals surface area contributed by atoms with Crippen molar-refractivity contribution in [2.45, 2.75) is 296 Å². The number of ether oxygens (including phenoxy) is 18. The van der Waals surface area contributed by atoms with E-state index in [-0.39, 0.29) is 168 Å². The number of carbonyl (C=O) groups is 19. The Labute approximate surface area is 776 Å². The highest BCUT2D eigenvalue weighted by molar-refractivity contribution is 5.80. The molecule has 50 heteroatoms. The van der Waals surface area contributed by atoms with Crippen molar-refractivity contribution in [3.63, 3.8) is 0 Å². The van der Waals surface area contributed by atoms with E-state index in [4.69, 9.17) is 90.8 Å². The number of unbranched alkanes of at least 4 members (excludes halogenated alkanes) is 4. The van der Waals surface area contributed by atoms with Crippen LogP contribution in [0.3, 0.4) is 0 Å². The fourth-order valence-corrected chi connectivity index (χ4v) is 13.6. The van der Waals surface area contributed by atoms with Crippen LogP contribution in [0.5, 0.6) is 0 Å². The molecule has 0 spiro atoms. The van der Waals surface area contributed by atoms with E-state index in [1.807, 2.05) is 0 Å². The maximum Gasteiger partial charge on any atom is 0.303 e. The molecule has 10 N–H and O–H groups in total. The summed E-state index contributed by atoms with van der Waals surface area (Å²) in [7, 11) is 0. The molecule has 0 radical (unpaired) electrons. The molecule has 15 unspecified atom stereocenters. The number of azide groups is 1. The number of hydrogen-bond donors (Lipinski definition) is 10. The van der Waals surface area contributed by atoms with Gasteiger partial charge in [-0.3, -0.25) is 91.1 Å². The van der Waals surface area contributed by atoms with Crippen molar-refractivity contribution in [3.05, 3.63) is 10.4 Å². The molecule has 0 bridgehead atoms. The zero-order chi connectivity index (χ0) is 99.5. The lowest BCUT2D eigenvalue weighted by Gasteiger charge is -2.44. The van der Waals surface area contributed by atoms with E-state index in [1.54, 1.807) is 0 Å². The fourth-order valence-electron chi connectivity index (χ4n) is 13.6. The second-order valence-electron chi connectivity index (χ2n) is 31.5. The van der Waals surface area contributed by atoms with E-state index in [0.717, 1.165) is 62.3 Å². The molecule has 3 aliphatic heterocycles. The van der Waals surface area contributed by atoms with Gasteiger partial charge in [-0.05, 0) is 76.2 Å². The highest BCUT2D eigenvalue weighted by Gasteiger charge is 2.55. The van der Waals surface area contributed by atoms with Crippen molar-refractivity contribution in [2.75, 3.05) is 125 Å². The summed E-state index contributed by atoms with van der Waals surface area (Å²) in [6, 6.07) is -3.53. The van der Waals surface area contributed by atoms with Gasteiger partial charge in [0, 0.05) is 199 Å². The molecule has 0 aromatic rings. The monoisotopic (exact) mass is 1920 g/mol. The fraction of sp³-hybridized carbons (Fsp3) is 0.774. The lowest BCUT2D eigenvalue weighted by atomic mass is 9.96. The number of nitrogens with zero attached hydrogens (tertiary/aromatic N) is 3. The minimum Gasteiger partial charge on any atom is -0.463 e. The Bertz CT molecular complexity index is 3490. The van der Waals surface area contributed by atoms with Crippen LogP contribution in [0, 0.1) is 0 Å². The van der Waals surface area contributed by atoms with Crippen LogP contribution in [0.2, 0.25) is 0 Å². The minimum absolute atomic E-state index is 0.0185. The Morgan fingerprint density at radius 3 is 0.791 bits per heavy atom. The first-order valence-electron chi connectivity index (χ1n) is 44.4. The maximum atomic E-state index is 13.8. The van der Waals surface area contributed by atoms with Crippen molar-refractivity contribution in [1.29, 1.82) is 0 Å². The second-order valence-corrected chi connectivity index (χ2v) is 31.5. The molecule has 3 heterocycles. The summed E-state index contributed by atoms with van der Waals surface area (Å²) in [5, 5.41) is 30.9. The van der Waals surface area contributed by atoms with Gasteiger partial charge in [-0.1, -0.05) is 5.11 Å². The molecule has 0 aromatic carbocycles. The molecule has 3 aliphatic rings. The zero-order valence-corrected chi connectivity index (χ0v) is 78.3. The van der Waals surface area contributed by atoms with Crippen LogP contribution in [0.1, 0.15) is 199 Å². The predicted molar refractivity (Wildman–Crippen MR) is 458 cm³/mol. The molecule has 0 aliphatic carbocycles. The number of nitrogens with one attached hydrogen (secondary N) is 10. The van der Waals surface area contributed by atoms with Crippen LogP contribution in [-0.4, -0.2) is 335 Å². The molecule has 134 heavy (non-hydrogen) atoms. The van der Waals surface area contributed by atoms with Crippen molar-refractivity contribution in [1.82, 2.24) is 53.2 Å². The van der Waals surface area contributed by atoms with Crippen LogP contribution in [0.25, 0.3) is 10.4 Å². The van der Waals surface area contributed by atoms with Gasteiger partial charge in [-0.2, -0.15) is 0 Å². The van der Waals surface area contributed by atoms with Gasteiger partial charge in [0.25, 0.3) is 0 Å². The Morgan fingerprint density at radius 1 is 0.299 bits per heavy atom. The van der Waals surface area contributed by atoms with E-state index in [1.165, 1.54) is 20.8 Å². The van der Waals surface area contributed by atoms with E-state index in [2.05, 4.69) is 63.2 Å². The van der Waals surface area contributed by atoms with Crippen molar-refractivity contribution >= 4 is 113 Å². The van der Waals surface area contributed by atoms with Crippen molar-refractivity contribution < 1.29 is 176 Å². The first-order valence-corrected chi connectivity index (χ1v) is 44.4. The van der Waals surface area contributed by atoms with Gasteiger partial charge in [0.1, 0.15) is 61.8 Å². The van der Waals surface area contributed by atoms with Gasteiger partial charge in [-0.15, -0.1) is 0 Å². The molecule has 3 fully saturated rings. The van der Waals surface area contributed by atoms with Gasteiger partial charge in [0.05, 0.1) is 39.6 Å². The van der Waals surface area contributed by atoms with Crippen molar-refractivity contribution in [3.8, 4) is 0 Å². The number of rotatable bonds is 66. The largest absolute Gasteiger partial charge is 0.463 e. The molecule has 50 nitrogen and oxygen atoms in total. The maximum absolute atomic E-state index is 13.8. The number of hydrogen-bond acceptors (Lipinski definition) is 38. The summed E-state index contributed by atoms with van der Waals surface area (Å²) < 4.78 is 102. The van der Waals surface area contributed by atoms with Gasteiger partial charge < -0.3 is 138 Å². The van der Waals surface area contributed by atoms with Crippen LogP contribution >= 0.6 is 0 Å². The van der Waals surface area contributed by atoms with Crippen LogP contribution < -0.4 is 53.2 Å². The van der Waals surface area contributed by atoms with Crippen LogP contribution in [-0.2, 0) is 176 Å². The first kappa shape index (κ1) is 117.